The largest absolute Gasteiger partial charge is 0.486 e. The minimum absolute atomic E-state index is 0. The van der Waals surface area contributed by atoms with Crippen LogP contribution in [0.3, 0.4) is 0 Å². The topological polar surface area (TPSA) is 37.0 Å². The molecule has 0 spiro atoms. The first-order chi connectivity index (χ1) is 11.3. The molecule has 5 nitrogen and oxygen atoms in total. The lowest BCUT2D eigenvalue weighted by atomic mass is 10.2. The van der Waals surface area contributed by atoms with Crippen molar-refractivity contribution in [3.8, 4) is 11.5 Å². The van der Waals surface area contributed by atoms with Crippen molar-refractivity contribution < 1.29 is 9.47 Å². The van der Waals surface area contributed by atoms with E-state index in [2.05, 4.69) is 43.2 Å². The third-order valence-corrected chi connectivity index (χ3v) is 5.57. The van der Waals surface area contributed by atoms with Gasteiger partial charge in [0, 0.05) is 51.9 Å². The first-order valence-corrected chi connectivity index (χ1v) is 9.34. The molecule has 134 valence electrons. The highest BCUT2D eigenvalue weighted by Gasteiger charge is 2.28. The summed E-state index contributed by atoms with van der Waals surface area (Å²) in [6.45, 7) is 9.24. The van der Waals surface area contributed by atoms with Gasteiger partial charge in [-0.1, -0.05) is 0 Å². The van der Waals surface area contributed by atoms with Gasteiger partial charge >= 0.3 is 0 Å². The highest BCUT2D eigenvalue weighted by molar-refractivity contribution is 9.10. The van der Waals surface area contributed by atoms with Gasteiger partial charge in [-0.15, -0.1) is 12.4 Å². The minimum atomic E-state index is 0. The van der Waals surface area contributed by atoms with E-state index in [4.69, 9.17) is 9.47 Å². The summed E-state index contributed by atoms with van der Waals surface area (Å²) in [6.07, 6.45) is 1.28. The van der Waals surface area contributed by atoms with Crippen LogP contribution < -0.4 is 14.8 Å². The van der Waals surface area contributed by atoms with Crippen LogP contribution in [0.2, 0.25) is 0 Å². The SMILES string of the molecule is Brc1cc(CN2CCC(N3CCNCC3)C2)cc2c1OCCO2.Cl. The molecule has 3 aliphatic rings. The maximum absolute atomic E-state index is 5.74. The molecule has 1 N–H and O–H groups in total. The second kappa shape index (κ2) is 8.23. The second-order valence-corrected chi connectivity index (χ2v) is 7.42. The van der Waals surface area contributed by atoms with Crippen molar-refractivity contribution in [2.45, 2.75) is 19.0 Å². The predicted molar refractivity (Wildman–Crippen MR) is 101 cm³/mol. The van der Waals surface area contributed by atoms with E-state index in [1.165, 1.54) is 38.2 Å². The molecule has 1 aromatic rings. The zero-order valence-corrected chi connectivity index (χ0v) is 16.2. The molecule has 24 heavy (non-hydrogen) atoms. The second-order valence-electron chi connectivity index (χ2n) is 6.57. The van der Waals surface area contributed by atoms with Crippen LogP contribution in [0.25, 0.3) is 0 Å². The van der Waals surface area contributed by atoms with Crippen LogP contribution in [0.5, 0.6) is 11.5 Å². The van der Waals surface area contributed by atoms with Crippen LogP contribution in [0.4, 0.5) is 0 Å². The van der Waals surface area contributed by atoms with Crippen LogP contribution in [0, 0.1) is 0 Å². The van der Waals surface area contributed by atoms with Gasteiger partial charge in [-0.25, -0.2) is 0 Å². The molecule has 1 unspecified atom stereocenters. The summed E-state index contributed by atoms with van der Waals surface area (Å²) in [7, 11) is 0. The summed E-state index contributed by atoms with van der Waals surface area (Å²) >= 11 is 3.62. The number of piperazine rings is 1. The fraction of sp³-hybridized carbons (Fsp3) is 0.647. The van der Waals surface area contributed by atoms with E-state index in [-0.39, 0.29) is 12.4 Å². The molecule has 0 amide bonds. The van der Waals surface area contributed by atoms with Crippen molar-refractivity contribution in [2.75, 3.05) is 52.5 Å². The number of nitrogens with zero attached hydrogens (tertiary/aromatic N) is 2. The fourth-order valence-electron chi connectivity index (χ4n) is 3.81. The van der Waals surface area contributed by atoms with Crippen molar-refractivity contribution in [3.63, 3.8) is 0 Å². The van der Waals surface area contributed by atoms with E-state index in [1.54, 1.807) is 0 Å². The van der Waals surface area contributed by atoms with Crippen LogP contribution in [0.15, 0.2) is 16.6 Å². The Bertz CT molecular complexity index is 569. The van der Waals surface area contributed by atoms with Crippen molar-refractivity contribution in [2.24, 2.45) is 0 Å². The van der Waals surface area contributed by atoms with Crippen molar-refractivity contribution in [1.29, 1.82) is 0 Å². The third-order valence-electron chi connectivity index (χ3n) is 4.98. The van der Waals surface area contributed by atoms with Crippen LogP contribution in [0.1, 0.15) is 12.0 Å². The normalized spacial score (nSPS) is 24.6. The number of halogens is 2. The number of rotatable bonds is 3. The lowest BCUT2D eigenvalue weighted by Gasteiger charge is -2.32. The Kier molecular flexibility index (Phi) is 6.27. The summed E-state index contributed by atoms with van der Waals surface area (Å²) in [5.74, 6) is 1.72. The molecule has 3 aliphatic heterocycles. The van der Waals surface area contributed by atoms with Gasteiger partial charge in [0.1, 0.15) is 13.2 Å². The smallest absolute Gasteiger partial charge is 0.175 e. The monoisotopic (exact) mass is 417 g/mol. The molecule has 0 aromatic heterocycles. The standard InChI is InChI=1S/C17H24BrN3O2.ClH/c18-15-9-13(10-16-17(15)23-8-7-22-16)11-20-4-1-14(12-20)21-5-2-19-3-6-21;/h9-10,14,19H,1-8,11-12H2;1H. The highest BCUT2D eigenvalue weighted by Crippen LogP contribution is 2.39. The number of ether oxygens (including phenoxy) is 2. The lowest BCUT2D eigenvalue weighted by Crippen LogP contribution is -2.49. The molecule has 0 radical (unpaired) electrons. The first kappa shape index (κ1) is 18.3. The van der Waals surface area contributed by atoms with Gasteiger partial charge in [-0.3, -0.25) is 9.80 Å². The van der Waals surface area contributed by atoms with E-state index in [0.29, 0.717) is 13.2 Å². The van der Waals surface area contributed by atoms with E-state index in [0.717, 1.165) is 41.6 Å². The average molecular weight is 419 g/mol. The molecule has 0 saturated carbocycles. The third kappa shape index (κ3) is 3.99. The maximum atomic E-state index is 5.74. The van der Waals surface area contributed by atoms with Gasteiger partial charge in [0.05, 0.1) is 4.47 Å². The summed E-state index contributed by atoms with van der Waals surface area (Å²) in [5, 5.41) is 3.44. The number of likely N-dealkylation sites (tertiary alicyclic amines) is 1. The van der Waals surface area contributed by atoms with Crippen LogP contribution in [-0.4, -0.2) is 68.3 Å². The van der Waals surface area contributed by atoms with Crippen molar-refractivity contribution in [1.82, 2.24) is 15.1 Å². The average Bonchev–Trinajstić information content (AvgIpc) is 3.04. The zero-order chi connectivity index (χ0) is 15.6. The first-order valence-electron chi connectivity index (χ1n) is 8.55. The van der Waals surface area contributed by atoms with Crippen molar-refractivity contribution in [3.05, 3.63) is 22.2 Å². The molecule has 7 heteroatoms. The van der Waals surface area contributed by atoms with Gasteiger partial charge in [-0.05, 0) is 40.0 Å². The molecule has 0 aliphatic carbocycles. The molecule has 4 rings (SSSR count). The number of hydrogen-bond acceptors (Lipinski definition) is 5. The Morgan fingerprint density at radius 2 is 1.92 bits per heavy atom. The highest BCUT2D eigenvalue weighted by atomic mass is 79.9. The van der Waals surface area contributed by atoms with Crippen molar-refractivity contribution >= 4 is 28.3 Å². The fourth-order valence-corrected chi connectivity index (χ4v) is 4.42. The van der Waals surface area contributed by atoms with E-state index in [1.807, 2.05) is 0 Å². The van der Waals surface area contributed by atoms with Gasteiger partial charge in [0.25, 0.3) is 0 Å². The summed E-state index contributed by atoms with van der Waals surface area (Å²) in [4.78, 5) is 5.21. The Hall–Kier alpha value is -0.530. The quantitative estimate of drug-likeness (QED) is 0.814. The van der Waals surface area contributed by atoms with E-state index >= 15 is 0 Å². The molecule has 3 heterocycles. The number of benzene rings is 1. The maximum Gasteiger partial charge on any atom is 0.175 e. The van der Waals surface area contributed by atoms with E-state index in [9.17, 15) is 0 Å². The number of hydrogen-bond donors (Lipinski definition) is 1. The van der Waals surface area contributed by atoms with Crippen LogP contribution >= 0.6 is 28.3 Å². The molecule has 2 saturated heterocycles. The Labute approximate surface area is 158 Å². The summed E-state index contributed by atoms with van der Waals surface area (Å²) in [5.41, 5.74) is 1.29. The Morgan fingerprint density at radius 1 is 1.12 bits per heavy atom. The van der Waals surface area contributed by atoms with Gasteiger partial charge in [-0.2, -0.15) is 0 Å². The molecule has 2 fully saturated rings. The Balaban J connectivity index is 0.00000169. The van der Waals surface area contributed by atoms with Gasteiger partial charge < -0.3 is 14.8 Å². The minimum Gasteiger partial charge on any atom is -0.486 e. The van der Waals surface area contributed by atoms with Crippen LogP contribution in [-0.2, 0) is 6.54 Å². The molecule has 0 bridgehead atoms. The summed E-state index contributed by atoms with van der Waals surface area (Å²) in [6, 6.07) is 5.03. The lowest BCUT2D eigenvalue weighted by molar-refractivity contribution is 0.168. The molecular weight excluding hydrogens is 394 g/mol. The van der Waals surface area contributed by atoms with Gasteiger partial charge in [0.2, 0.25) is 0 Å². The predicted octanol–water partition coefficient (Wildman–Crippen LogP) is 2.12. The molecule has 1 aromatic carbocycles. The Morgan fingerprint density at radius 3 is 2.75 bits per heavy atom. The summed E-state index contributed by atoms with van der Waals surface area (Å²) < 4.78 is 12.4. The molecular formula is C17H25BrClN3O2. The zero-order valence-electron chi connectivity index (χ0n) is 13.8. The van der Waals surface area contributed by atoms with E-state index < -0.39 is 0 Å². The number of fused-ring (bicyclic) bond motifs is 1. The molecule has 1 atom stereocenters. The number of nitrogens with one attached hydrogen (secondary N) is 1. The van der Waals surface area contributed by atoms with Gasteiger partial charge in [0.15, 0.2) is 11.5 Å².